The Morgan fingerprint density at radius 2 is 2.10 bits per heavy atom. The van der Waals surface area contributed by atoms with E-state index in [1.165, 1.54) is 12.1 Å². The molecule has 3 aromatic rings. The molecule has 1 fully saturated rings. The van der Waals surface area contributed by atoms with Gasteiger partial charge in [-0.1, -0.05) is 12.1 Å². The van der Waals surface area contributed by atoms with Crippen molar-refractivity contribution in [3.63, 3.8) is 0 Å². The van der Waals surface area contributed by atoms with Gasteiger partial charge in [-0.25, -0.2) is 9.37 Å². The van der Waals surface area contributed by atoms with Crippen molar-refractivity contribution in [3.05, 3.63) is 77.2 Å². The van der Waals surface area contributed by atoms with E-state index in [9.17, 15) is 9.18 Å². The lowest BCUT2D eigenvalue weighted by atomic mass is 10.1. The van der Waals surface area contributed by atoms with Gasteiger partial charge in [-0.3, -0.25) is 4.79 Å². The van der Waals surface area contributed by atoms with E-state index in [0.29, 0.717) is 36.9 Å². The normalized spacial score (nSPS) is 13.6. The molecule has 2 aromatic carbocycles. The first-order valence-electron chi connectivity index (χ1n) is 9.61. The highest BCUT2D eigenvalue weighted by Crippen LogP contribution is 2.25. The lowest BCUT2D eigenvalue weighted by Crippen LogP contribution is -2.54. The van der Waals surface area contributed by atoms with E-state index < -0.39 is 5.91 Å². The molecule has 0 atom stereocenters. The summed E-state index contributed by atoms with van der Waals surface area (Å²) in [5, 5.41) is 3.17. The third-order valence-electron chi connectivity index (χ3n) is 4.91. The molecule has 0 saturated carbocycles. The van der Waals surface area contributed by atoms with Crippen LogP contribution in [0.1, 0.15) is 21.5 Å². The number of halogens is 1. The first-order chi connectivity index (χ1) is 14.5. The van der Waals surface area contributed by atoms with Crippen molar-refractivity contribution < 1.29 is 13.9 Å². The zero-order valence-electron chi connectivity index (χ0n) is 16.5. The zero-order valence-corrected chi connectivity index (χ0v) is 16.5. The summed E-state index contributed by atoms with van der Waals surface area (Å²) in [6.07, 6.45) is 1.72. The molecule has 7 nitrogen and oxygen atoms in total. The summed E-state index contributed by atoms with van der Waals surface area (Å²) in [4.78, 5) is 22.2. The molecule has 0 aliphatic carbocycles. The van der Waals surface area contributed by atoms with Crippen LogP contribution in [0.4, 0.5) is 16.2 Å². The number of nitrogens with one attached hydrogen (secondary N) is 1. The fraction of sp³-hybridized carbons (Fsp3) is 0.227. The number of nitrogens with zero attached hydrogens (tertiary/aromatic N) is 3. The molecule has 1 aliphatic heterocycles. The van der Waals surface area contributed by atoms with Crippen LogP contribution < -0.4 is 20.7 Å². The van der Waals surface area contributed by atoms with Crippen molar-refractivity contribution >= 4 is 17.7 Å². The Bertz CT molecular complexity index is 1070. The summed E-state index contributed by atoms with van der Waals surface area (Å²) in [7, 11) is 0. The molecule has 0 bridgehead atoms. The van der Waals surface area contributed by atoms with Crippen LogP contribution in [-0.4, -0.2) is 35.1 Å². The highest BCUT2D eigenvalue weighted by atomic mass is 19.1. The first-order valence-corrected chi connectivity index (χ1v) is 9.61. The summed E-state index contributed by atoms with van der Waals surface area (Å²) in [6, 6.07) is 13.5. The van der Waals surface area contributed by atoms with Gasteiger partial charge in [-0.2, -0.15) is 4.98 Å². The van der Waals surface area contributed by atoms with Crippen LogP contribution in [0.2, 0.25) is 0 Å². The molecule has 1 aliphatic rings. The Labute approximate surface area is 173 Å². The molecular weight excluding hydrogens is 385 g/mol. The lowest BCUT2D eigenvalue weighted by molar-refractivity contribution is 0.1000. The number of benzene rings is 2. The maximum atomic E-state index is 13.2. The number of ether oxygens (including phenoxy) is 1. The van der Waals surface area contributed by atoms with Crippen LogP contribution in [0.15, 0.2) is 54.7 Å². The van der Waals surface area contributed by atoms with Crippen molar-refractivity contribution in [1.29, 1.82) is 0 Å². The SMILES string of the molecule is Cc1cc(F)ccc1OC1CN(c2ccnc(NCc3cccc(C(N)=O)c3)n2)C1. The van der Waals surface area contributed by atoms with Crippen molar-refractivity contribution in [1.82, 2.24) is 9.97 Å². The summed E-state index contributed by atoms with van der Waals surface area (Å²) >= 11 is 0. The maximum Gasteiger partial charge on any atom is 0.248 e. The Morgan fingerprint density at radius 3 is 2.87 bits per heavy atom. The highest BCUT2D eigenvalue weighted by Gasteiger charge is 2.30. The number of nitrogens with two attached hydrogens (primary N) is 1. The maximum absolute atomic E-state index is 13.2. The molecule has 1 amide bonds. The van der Waals surface area contributed by atoms with Gasteiger partial charge in [0.1, 0.15) is 23.5 Å². The monoisotopic (exact) mass is 407 g/mol. The van der Waals surface area contributed by atoms with Gasteiger partial charge in [0.15, 0.2) is 0 Å². The van der Waals surface area contributed by atoms with E-state index in [1.807, 2.05) is 19.1 Å². The second-order valence-corrected chi connectivity index (χ2v) is 7.21. The van der Waals surface area contributed by atoms with Crippen LogP contribution in [0.3, 0.4) is 0 Å². The van der Waals surface area contributed by atoms with Gasteiger partial charge in [0.2, 0.25) is 11.9 Å². The minimum atomic E-state index is -0.458. The molecule has 8 heteroatoms. The number of amides is 1. The molecule has 1 saturated heterocycles. The fourth-order valence-corrected chi connectivity index (χ4v) is 3.25. The highest BCUT2D eigenvalue weighted by molar-refractivity contribution is 5.92. The molecule has 2 heterocycles. The van der Waals surface area contributed by atoms with Crippen LogP contribution >= 0.6 is 0 Å². The van der Waals surface area contributed by atoms with Crippen LogP contribution in [0.5, 0.6) is 5.75 Å². The summed E-state index contributed by atoms with van der Waals surface area (Å²) < 4.78 is 19.2. The average molecular weight is 407 g/mol. The van der Waals surface area contributed by atoms with Gasteiger partial charge in [0.05, 0.1) is 13.1 Å². The van der Waals surface area contributed by atoms with E-state index >= 15 is 0 Å². The number of rotatable bonds is 7. The van der Waals surface area contributed by atoms with Crippen LogP contribution in [0, 0.1) is 12.7 Å². The van der Waals surface area contributed by atoms with E-state index in [1.54, 1.807) is 30.5 Å². The third kappa shape index (κ3) is 4.48. The van der Waals surface area contributed by atoms with E-state index in [2.05, 4.69) is 20.2 Å². The molecule has 154 valence electrons. The van der Waals surface area contributed by atoms with Crippen LogP contribution in [-0.2, 0) is 6.54 Å². The number of hydrogen-bond acceptors (Lipinski definition) is 6. The smallest absolute Gasteiger partial charge is 0.248 e. The van der Waals surface area contributed by atoms with E-state index in [-0.39, 0.29) is 11.9 Å². The third-order valence-corrected chi connectivity index (χ3v) is 4.91. The second kappa shape index (κ2) is 8.36. The molecule has 3 N–H and O–H groups in total. The minimum absolute atomic E-state index is 0.0251. The molecule has 30 heavy (non-hydrogen) atoms. The Hall–Kier alpha value is -3.68. The van der Waals surface area contributed by atoms with Crippen molar-refractivity contribution in [2.24, 2.45) is 5.73 Å². The predicted octanol–water partition coefficient (Wildman–Crippen LogP) is 2.90. The average Bonchev–Trinajstić information content (AvgIpc) is 2.70. The summed E-state index contributed by atoms with van der Waals surface area (Å²) in [5.74, 6) is 1.27. The van der Waals surface area contributed by atoms with Gasteiger partial charge in [-0.05, 0) is 54.4 Å². The Morgan fingerprint density at radius 1 is 1.27 bits per heavy atom. The number of primary amides is 1. The predicted molar refractivity (Wildman–Crippen MR) is 112 cm³/mol. The van der Waals surface area contributed by atoms with Gasteiger partial charge in [0.25, 0.3) is 0 Å². The number of hydrogen-bond donors (Lipinski definition) is 2. The molecule has 0 radical (unpaired) electrons. The molecular formula is C22H22FN5O2. The topological polar surface area (TPSA) is 93.4 Å². The van der Waals surface area contributed by atoms with Crippen LogP contribution in [0.25, 0.3) is 0 Å². The van der Waals surface area contributed by atoms with Gasteiger partial charge >= 0.3 is 0 Å². The molecule has 0 unspecified atom stereocenters. The summed E-state index contributed by atoms with van der Waals surface area (Å²) in [6.45, 7) is 3.68. The molecule has 0 spiro atoms. The molecule has 4 rings (SSSR count). The van der Waals surface area contributed by atoms with Gasteiger partial charge < -0.3 is 20.7 Å². The van der Waals surface area contributed by atoms with E-state index in [4.69, 9.17) is 10.5 Å². The van der Waals surface area contributed by atoms with E-state index in [0.717, 1.165) is 16.9 Å². The van der Waals surface area contributed by atoms with Gasteiger partial charge in [-0.15, -0.1) is 0 Å². The van der Waals surface area contributed by atoms with Crippen molar-refractivity contribution in [2.75, 3.05) is 23.3 Å². The Kier molecular flexibility index (Phi) is 5.47. The standard InChI is InChI=1S/C22H22FN5O2/c1-14-9-17(23)5-6-19(14)30-18-12-28(13-18)20-7-8-25-22(27-20)26-11-15-3-2-4-16(10-15)21(24)29/h2-10,18H,11-13H2,1H3,(H2,24,29)(H,25,26,27). The lowest BCUT2D eigenvalue weighted by Gasteiger charge is -2.40. The van der Waals surface area contributed by atoms with Gasteiger partial charge in [0, 0.05) is 18.3 Å². The number of aryl methyl sites for hydroxylation is 1. The number of anilines is 2. The second-order valence-electron chi connectivity index (χ2n) is 7.21. The van der Waals surface area contributed by atoms with Crippen molar-refractivity contribution in [3.8, 4) is 5.75 Å². The Balaban J connectivity index is 1.33. The molecule has 1 aromatic heterocycles. The fourth-order valence-electron chi connectivity index (χ4n) is 3.25. The number of carbonyl (C=O) groups is 1. The zero-order chi connectivity index (χ0) is 21.1. The summed E-state index contributed by atoms with van der Waals surface area (Å²) in [5.41, 5.74) is 7.48. The largest absolute Gasteiger partial charge is 0.486 e. The first kappa shape index (κ1) is 19.6. The minimum Gasteiger partial charge on any atom is -0.486 e. The number of carbonyl (C=O) groups excluding carboxylic acids is 1. The van der Waals surface area contributed by atoms with Crippen molar-refractivity contribution in [2.45, 2.75) is 19.6 Å². The number of aromatic nitrogens is 2. The quantitative estimate of drug-likeness (QED) is 0.626.